The third kappa shape index (κ3) is 2.48. The second kappa shape index (κ2) is 6.07. The highest BCUT2D eigenvalue weighted by molar-refractivity contribution is 7.20. The zero-order valence-corrected chi connectivity index (χ0v) is 15.9. The predicted molar refractivity (Wildman–Crippen MR) is 106 cm³/mol. The van der Waals surface area contributed by atoms with Gasteiger partial charge in [0.15, 0.2) is 0 Å². The van der Waals surface area contributed by atoms with Crippen LogP contribution in [-0.4, -0.2) is 27.1 Å². The molecule has 0 fully saturated rings. The Bertz CT molecular complexity index is 1110. The monoisotopic (exact) mass is 379 g/mol. The van der Waals surface area contributed by atoms with E-state index < -0.39 is 0 Å². The van der Waals surface area contributed by atoms with Crippen molar-refractivity contribution in [3.8, 4) is 5.69 Å². The van der Waals surface area contributed by atoms with Gasteiger partial charge in [0.2, 0.25) is 0 Å². The van der Waals surface area contributed by atoms with E-state index >= 15 is 0 Å². The Morgan fingerprint density at radius 3 is 2.88 bits per heavy atom. The van der Waals surface area contributed by atoms with Crippen molar-refractivity contribution in [2.24, 2.45) is 0 Å². The van der Waals surface area contributed by atoms with Crippen LogP contribution in [0.3, 0.4) is 0 Å². The Morgan fingerprint density at radius 1 is 1.19 bits per heavy atom. The minimum Gasteiger partial charge on any atom is -0.333 e. The molecular formula is C20H17N3OS2. The summed E-state index contributed by atoms with van der Waals surface area (Å²) in [6.45, 7) is 3.52. The second-order valence-electron chi connectivity index (χ2n) is 6.51. The summed E-state index contributed by atoms with van der Waals surface area (Å²) in [4.78, 5) is 18.3. The lowest BCUT2D eigenvalue weighted by molar-refractivity contribution is 0.0741. The number of fused-ring (bicyclic) bond motifs is 2. The van der Waals surface area contributed by atoms with Gasteiger partial charge in [0.25, 0.3) is 5.91 Å². The summed E-state index contributed by atoms with van der Waals surface area (Å²) >= 11 is 3.33. The predicted octanol–water partition coefficient (Wildman–Crippen LogP) is 4.66. The lowest BCUT2D eigenvalue weighted by atomic mass is 10.1. The molecule has 0 atom stereocenters. The number of aryl methyl sites for hydroxylation is 1. The maximum Gasteiger partial charge on any atom is 0.264 e. The van der Waals surface area contributed by atoms with Gasteiger partial charge in [-0.25, -0.2) is 4.68 Å². The van der Waals surface area contributed by atoms with Crippen LogP contribution in [0, 0.1) is 6.92 Å². The standard InChI is InChI=1S/C20H17N3OS2/c1-13-16-11-18(19(24)22-9-7-17-14(12-22)8-10-25-17)26-20(16)23(21-13)15-5-3-2-4-6-15/h2-6,8,10-11H,7,9,12H2,1H3. The molecular weight excluding hydrogens is 362 g/mol. The van der Waals surface area contributed by atoms with Gasteiger partial charge < -0.3 is 4.90 Å². The van der Waals surface area contributed by atoms with E-state index in [1.807, 2.05) is 52.9 Å². The number of hydrogen-bond donors (Lipinski definition) is 0. The Kier molecular flexibility index (Phi) is 3.69. The molecule has 0 saturated carbocycles. The van der Waals surface area contributed by atoms with Crippen molar-refractivity contribution in [3.63, 3.8) is 0 Å². The number of carbonyl (C=O) groups is 1. The first-order valence-electron chi connectivity index (χ1n) is 8.60. The van der Waals surface area contributed by atoms with E-state index in [1.165, 1.54) is 21.8 Å². The van der Waals surface area contributed by atoms with Crippen molar-refractivity contribution in [2.75, 3.05) is 6.54 Å². The summed E-state index contributed by atoms with van der Waals surface area (Å²) in [6.07, 6.45) is 0.959. The molecule has 0 spiro atoms. The van der Waals surface area contributed by atoms with Crippen molar-refractivity contribution in [2.45, 2.75) is 19.9 Å². The molecule has 0 radical (unpaired) electrons. The zero-order valence-electron chi connectivity index (χ0n) is 14.3. The van der Waals surface area contributed by atoms with Crippen LogP contribution in [0.1, 0.15) is 25.8 Å². The summed E-state index contributed by atoms with van der Waals surface area (Å²) < 4.78 is 1.94. The number of thiophene rings is 2. The fourth-order valence-electron chi connectivity index (χ4n) is 3.47. The number of hydrogen-bond acceptors (Lipinski definition) is 4. The molecule has 1 aliphatic heterocycles. The molecule has 26 heavy (non-hydrogen) atoms. The number of rotatable bonds is 2. The average molecular weight is 380 g/mol. The molecule has 1 aliphatic rings. The van der Waals surface area contributed by atoms with E-state index in [4.69, 9.17) is 0 Å². The van der Waals surface area contributed by atoms with Crippen molar-refractivity contribution < 1.29 is 4.79 Å². The minimum absolute atomic E-state index is 0.127. The van der Waals surface area contributed by atoms with Crippen molar-refractivity contribution in [1.29, 1.82) is 0 Å². The third-order valence-electron chi connectivity index (χ3n) is 4.85. The van der Waals surface area contributed by atoms with Gasteiger partial charge in [-0.15, -0.1) is 22.7 Å². The van der Waals surface area contributed by atoms with Gasteiger partial charge in [0, 0.05) is 23.4 Å². The Hall–Kier alpha value is -2.44. The van der Waals surface area contributed by atoms with E-state index in [0.717, 1.165) is 46.0 Å². The summed E-state index contributed by atoms with van der Waals surface area (Å²) in [5.74, 6) is 0.127. The first kappa shape index (κ1) is 15.8. The molecule has 1 aromatic carbocycles. The molecule has 0 saturated heterocycles. The van der Waals surface area contributed by atoms with Gasteiger partial charge in [0.1, 0.15) is 4.83 Å². The minimum atomic E-state index is 0.127. The average Bonchev–Trinajstić information content (AvgIpc) is 3.37. The maximum atomic E-state index is 13.1. The highest BCUT2D eigenvalue weighted by atomic mass is 32.1. The summed E-state index contributed by atoms with van der Waals surface area (Å²) in [5, 5.41) is 7.85. The quantitative estimate of drug-likeness (QED) is 0.508. The van der Waals surface area contributed by atoms with Crippen LogP contribution in [0.4, 0.5) is 0 Å². The fourth-order valence-corrected chi connectivity index (χ4v) is 5.51. The van der Waals surface area contributed by atoms with Gasteiger partial charge in [0.05, 0.1) is 16.3 Å². The second-order valence-corrected chi connectivity index (χ2v) is 8.54. The normalized spacial score (nSPS) is 14.0. The lowest BCUT2D eigenvalue weighted by Crippen LogP contribution is -2.34. The largest absolute Gasteiger partial charge is 0.333 e. The number of nitrogens with zero attached hydrogens (tertiary/aromatic N) is 3. The molecule has 4 nitrogen and oxygen atoms in total. The molecule has 0 aliphatic carbocycles. The molecule has 130 valence electrons. The van der Waals surface area contributed by atoms with Gasteiger partial charge in [-0.05, 0) is 48.6 Å². The SMILES string of the molecule is Cc1nn(-c2ccccc2)c2sc(C(=O)N3CCc4sccc4C3)cc12. The fraction of sp³-hybridized carbons (Fsp3) is 0.200. The Balaban J connectivity index is 1.51. The number of amides is 1. The molecule has 5 rings (SSSR count). The third-order valence-corrected chi connectivity index (χ3v) is 6.97. The number of benzene rings is 1. The van der Waals surface area contributed by atoms with E-state index in [-0.39, 0.29) is 5.91 Å². The molecule has 3 aromatic heterocycles. The molecule has 6 heteroatoms. The Labute approximate surface area is 159 Å². The summed E-state index contributed by atoms with van der Waals surface area (Å²) in [6, 6.07) is 14.2. The first-order chi connectivity index (χ1) is 12.7. The van der Waals surface area contributed by atoms with Crippen molar-refractivity contribution >= 4 is 38.8 Å². The topological polar surface area (TPSA) is 38.1 Å². The number of carbonyl (C=O) groups excluding carboxylic acids is 1. The zero-order chi connectivity index (χ0) is 17.7. The van der Waals surface area contributed by atoms with Crippen LogP contribution in [0.2, 0.25) is 0 Å². The van der Waals surface area contributed by atoms with Crippen molar-refractivity contribution in [1.82, 2.24) is 14.7 Å². The lowest BCUT2D eigenvalue weighted by Gasteiger charge is -2.26. The summed E-state index contributed by atoms with van der Waals surface area (Å²) in [7, 11) is 0. The van der Waals surface area contributed by atoms with Gasteiger partial charge >= 0.3 is 0 Å². The van der Waals surface area contributed by atoms with E-state index in [1.54, 1.807) is 11.3 Å². The molecule has 0 N–H and O–H groups in total. The molecule has 1 amide bonds. The highest BCUT2D eigenvalue weighted by Gasteiger charge is 2.25. The number of para-hydroxylation sites is 1. The number of aromatic nitrogens is 2. The van der Waals surface area contributed by atoms with Crippen LogP contribution >= 0.6 is 22.7 Å². The van der Waals surface area contributed by atoms with Gasteiger partial charge in [-0.1, -0.05) is 18.2 Å². The van der Waals surface area contributed by atoms with E-state index in [2.05, 4.69) is 16.5 Å². The Morgan fingerprint density at radius 2 is 2.04 bits per heavy atom. The van der Waals surface area contributed by atoms with Crippen molar-refractivity contribution in [3.05, 3.63) is 68.9 Å². The van der Waals surface area contributed by atoms with E-state index in [9.17, 15) is 4.79 Å². The van der Waals surface area contributed by atoms with Crippen LogP contribution in [0.15, 0.2) is 47.8 Å². The van der Waals surface area contributed by atoms with E-state index in [0.29, 0.717) is 0 Å². The maximum absolute atomic E-state index is 13.1. The smallest absolute Gasteiger partial charge is 0.264 e. The molecule has 4 heterocycles. The summed E-state index contributed by atoms with van der Waals surface area (Å²) in [5.41, 5.74) is 3.27. The first-order valence-corrected chi connectivity index (χ1v) is 10.3. The van der Waals surface area contributed by atoms with Crippen LogP contribution < -0.4 is 0 Å². The van der Waals surface area contributed by atoms with Crippen LogP contribution in [-0.2, 0) is 13.0 Å². The molecule has 0 bridgehead atoms. The van der Waals surface area contributed by atoms with Crippen LogP contribution in [0.25, 0.3) is 15.9 Å². The van der Waals surface area contributed by atoms with Crippen LogP contribution in [0.5, 0.6) is 0 Å². The molecule has 0 unspecified atom stereocenters. The van der Waals surface area contributed by atoms with Gasteiger partial charge in [-0.2, -0.15) is 5.10 Å². The highest BCUT2D eigenvalue weighted by Crippen LogP contribution is 2.32. The van der Waals surface area contributed by atoms with Gasteiger partial charge in [-0.3, -0.25) is 4.79 Å². The molecule has 4 aromatic rings.